The summed E-state index contributed by atoms with van der Waals surface area (Å²) < 4.78 is 13.0. The molecule has 10 heteroatoms. The molecule has 4 rings (SSSR count). The number of fused-ring (bicyclic) bond motifs is 1. The molecular weight excluding hydrogens is 488 g/mol. The van der Waals surface area contributed by atoms with Crippen molar-refractivity contribution < 1.29 is 18.7 Å². The quantitative estimate of drug-likeness (QED) is 0.172. The van der Waals surface area contributed by atoms with Crippen molar-refractivity contribution in [3.63, 3.8) is 0 Å². The van der Waals surface area contributed by atoms with Crippen LogP contribution in [0, 0.1) is 0 Å². The molecule has 2 aromatic carbocycles. The molecule has 0 radical (unpaired) electrons. The van der Waals surface area contributed by atoms with Crippen molar-refractivity contribution in [3.05, 3.63) is 71.8 Å². The van der Waals surface area contributed by atoms with E-state index in [1.165, 1.54) is 11.8 Å². The first-order valence-electron chi connectivity index (χ1n) is 10.8. The van der Waals surface area contributed by atoms with E-state index in [-0.39, 0.29) is 17.8 Å². The fraction of sp³-hybridized carbons (Fsp3) is 0.200. The topological polar surface area (TPSA) is 99.2 Å². The van der Waals surface area contributed by atoms with Gasteiger partial charge in [-0.3, -0.25) is 9.36 Å². The molecule has 0 fully saturated rings. The monoisotopic (exact) mass is 510 g/mol. The SMILES string of the molecule is C=CCn1c(SCC(=O)Nc2cccc(C(=O)OC(C)C)c2)nnc1-c1cc2cc(Cl)ccc2o1. The van der Waals surface area contributed by atoms with Crippen molar-refractivity contribution in [3.8, 4) is 11.6 Å². The normalized spacial score (nSPS) is 11.1. The van der Waals surface area contributed by atoms with Gasteiger partial charge in [0.15, 0.2) is 10.9 Å². The number of nitrogens with zero attached hydrogens (tertiary/aromatic N) is 3. The lowest BCUT2D eigenvalue weighted by Gasteiger charge is -2.10. The first kappa shape index (κ1) is 24.6. The molecular formula is C25H23ClN4O4S. The standard InChI is InChI=1S/C25H23ClN4O4S/c1-4-10-30-23(21-13-17-11-18(26)8-9-20(17)34-21)28-29-25(30)35-14-22(31)27-19-7-5-6-16(12-19)24(32)33-15(2)3/h4-9,11-13,15H,1,10,14H2,2-3H3,(H,27,31). The Morgan fingerprint density at radius 1 is 1.23 bits per heavy atom. The summed E-state index contributed by atoms with van der Waals surface area (Å²) in [5.74, 6) is 0.460. The highest BCUT2D eigenvalue weighted by atomic mass is 35.5. The highest BCUT2D eigenvalue weighted by molar-refractivity contribution is 7.99. The molecule has 1 N–H and O–H groups in total. The van der Waals surface area contributed by atoms with Crippen LogP contribution in [0.15, 0.2) is 70.8 Å². The summed E-state index contributed by atoms with van der Waals surface area (Å²) in [6.07, 6.45) is 1.49. The van der Waals surface area contributed by atoms with Crippen LogP contribution in [0.25, 0.3) is 22.6 Å². The van der Waals surface area contributed by atoms with E-state index < -0.39 is 5.97 Å². The number of amides is 1. The number of allylic oxidation sites excluding steroid dienone is 1. The largest absolute Gasteiger partial charge is 0.459 e. The van der Waals surface area contributed by atoms with Crippen molar-refractivity contribution in [1.82, 2.24) is 14.8 Å². The van der Waals surface area contributed by atoms with Crippen LogP contribution in [-0.2, 0) is 16.1 Å². The maximum atomic E-state index is 12.6. The Morgan fingerprint density at radius 2 is 2.06 bits per heavy atom. The third-order valence-corrected chi connectivity index (χ3v) is 5.99. The van der Waals surface area contributed by atoms with Crippen LogP contribution in [-0.4, -0.2) is 38.5 Å². The third-order valence-electron chi connectivity index (χ3n) is 4.78. The van der Waals surface area contributed by atoms with Crippen LogP contribution >= 0.6 is 23.4 Å². The fourth-order valence-electron chi connectivity index (χ4n) is 3.33. The second-order valence-electron chi connectivity index (χ2n) is 7.87. The molecule has 0 saturated heterocycles. The third kappa shape index (κ3) is 5.93. The van der Waals surface area contributed by atoms with E-state index in [1.807, 2.05) is 16.7 Å². The number of benzene rings is 2. The van der Waals surface area contributed by atoms with E-state index in [0.717, 1.165) is 5.39 Å². The number of halogens is 1. The van der Waals surface area contributed by atoms with Crippen molar-refractivity contribution in [2.45, 2.75) is 31.7 Å². The van der Waals surface area contributed by atoms with Crippen molar-refractivity contribution in [2.75, 3.05) is 11.1 Å². The van der Waals surface area contributed by atoms with Crippen molar-refractivity contribution in [1.29, 1.82) is 0 Å². The second kappa shape index (κ2) is 10.8. The number of rotatable bonds is 9. The highest BCUT2D eigenvalue weighted by Crippen LogP contribution is 2.30. The van der Waals surface area contributed by atoms with E-state index in [4.69, 9.17) is 20.8 Å². The van der Waals surface area contributed by atoms with Gasteiger partial charge in [0.25, 0.3) is 0 Å². The molecule has 180 valence electrons. The van der Waals surface area contributed by atoms with Gasteiger partial charge in [0.2, 0.25) is 11.7 Å². The van der Waals surface area contributed by atoms with E-state index in [0.29, 0.717) is 45.1 Å². The fourth-order valence-corrected chi connectivity index (χ4v) is 4.26. The van der Waals surface area contributed by atoms with Gasteiger partial charge in [-0.1, -0.05) is 35.5 Å². The summed E-state index contributed by atoms with van der Waals surface area (Å²) in [6.45, 7) is 7.80. The van der Waals surface area contributed by atoms with Crippen molar-refractivity contribution in [2.24, 2.45) is 0 Å². The number of carbonyl (C=O) groups is 2. The first-order valence-corrected chi connectivity index (χ1v) is 12.2. The average Bonchev–Trinajstić information content (AvgIpc) is 3.41. The van der Waals surface area contributed by atoms with Gasteiger partial charge in [0.1, 0.15) is 5.58 Å². The van der Waals surface area contributed by atoms with Crippen LogP contribution in [0.5, 0.6) is 0 Å². The Bertz CT molecular complexity index is 1400. The summed E-state index contributed by atoms with van der Waals surface area (Å²) in [6, 6.07) is 13.8. The number of furan rings is 1. The average molecular weight is 511 g/mol. The summed E-state index contributed by atoms with van der Waals surface area (Å²) >= 11 is 7.31. The second-order valence-corrected chi connectivity index (χ2v) is 9.25. The van der Waals surface area contributed by atoms with Gasteiger partial charge in [-0.2, -0.15) is 0 Å². The molecule has 2 heterocycles. The minimum absolute atomic E-state index is 0.0890. The maximum absolute atomic E-state index is 12.6. The Hall–Kier alpha value is -3.56. The van der Waals surface area contributed by atoms with Gasteiger partial charge >= 0.3 is 5.97 Å². The van der Waals surface area contributed by atoms with Crippen LogP contribution in [0.2, 0.25) is 5.02 Å². The number of aromatic nitrogens is 3. The van der Waals surface area contributed by atoms with Gasteiger partial charge in [-0.25, -0.2) is 4.79 Å². The van der Waals surface area contributed by atoms with Gasteiger partial charge in [-0.15, -0.1) is 16.8 Å². The molecule has 8 nitrogen and oxygen atoms in total. The Morgan fingerprint density at radius 3 is 2.83 bits per heavy atom. The van der Waals surface area contributed by atoms with Gasteiger partial charge in [0, 0.05) is 22.6 Å². The molecule has 2 aromatic heterocycles. The van der Waals surface area contributed by atoms with E-state index in [2.05, 4.69) is 22.1 Å². The number of carbonyl (C=O) groups excluding carboxylic acids is 2. The molecule has 0 aliphatic carbocycles. The van der Waals surface area contributed by atoms with E-state index in [9.17, 15) is 9.59 Å². The minimum Gasteiger partial charge on any atom is -0.459 e. The zero-order valence-corrected chi connectivity index (χ0v) is 20.7. The Kier molecular flexibility index (Phi) is 7.57. The molecule has 4 aromatic rings. The van der Waals surface area contributed by atoms with Crippen LogP contribution in [0.4, 0.5) is 5.69 Å². The predicted molar refractivity (Wildman–Crippen MR) is 137 cm³/mol. The van der Waals surface area contributed by atoms with E-state index in [1.54, 1.807) is 56.3 Å². The zero-order valence-electron chi connectivity index (χ0n) is 19.2. The lowest BCUT2D eigenvalue weighted by molar-refractivity contribution is -0.113. The molecule has 1 amide bonds. The predicted octanol–water partition coefficient (Wildman–Crippen LogP) is 5.83. The van der Waals surface area contributed by atoms with Gasteiger partial charge < -0.3 is 14.5 Å². The first-order chi connectivity index (χ1) is 16.8. The number of anilines is 1. The Balaban J connectivity index is 1.46. The molecule has 0 unspecified atom stereocenters. The summed E-state index contributed by atoms with van der Waals surface area (Å²) in [7, 11) is 0. The lowest BCUT2D eigenvalue weighted by atomic mass is 10.2. The lowest BCUT2D eigenvalue weighted by Crippen LogP contribution is -2.16. The molecule has 0 atom stereocenters. The number of ether oxygens (including phenoxy) is 1. The van der Waals surface area contributed by atoms with Crippen LogP contribution in [0.3, 0.4) is 0 Å². The number of hydrogen-bond donors (Lipinski definition) is 1. The minimum atomic E-state index is -0.441. The van der Waals surface area contributed by atoms with E-state index >= 15 is 0 Å². The number of hydrogen-bond acceptors (Lipinski definition) is 7. The molecule has 0 spiro atoms. The van der Waals surface area contributed by atoms with Gasteiger partial charge in [0.05, 0.1) is 17.4 Å². The zero-order chi connectivity index (χ0) is 24.9. The number of nitrogens with one attached hydrogen (secondary N) is 1. The molecule has 0 saturated carbocycles. The summed E-state index contributed by atoms with van der Waals surface area (Å²) in [5, 5.41) is 13.3. The number of thioether (sulfide) groups is 1. The van der Waals surface area contributed by atoms with Crippen LogP contribution < -0.4 is 5.32 Å². The van der Waals surface area contributed by atoms with Crippen LogP contribution in [0.1, 0.15) is 24.2 Å². The molecule has 0 bridgehead atoms. The van der Waals surface area contributed by atoms with Crippen molar-refractivity contribution >= 4 is 51.9 Å². The molecule has 0 aliphatic rings. The molecule has 0 aliphatic heterocycles. The summed E-state index contributed by atoms with van der Waals surface area (Å²) in [4.78, 5) is 24.7. The highest BCUT2D eigenvalue weighted by Gasteiger charge is 2.19. The number of esters is 1. The Labute approximate surface area is 211 Å². The molecule has 35 heavy (non-hydrogen) atoms. The van der Waals surface area contributed by atoms with Gasteiger partial charge in [-0.05, 0) is 56.3 Å². The summed E-state index contributed by atoms with van der Waals surface area (Å²) in [5.41, 5.74) is 1.56. The maximum Gasteiger partial charge on any atom is 0.338 e. The smallest absolute Gasteiger partial charge is 0.338 e.